The van der Waals surface area contributed by atoms with Gasteiger partial charge in [-0.15, -0.1) is 13.2 Å². The molecule has 1 rings (SSSR count). The molecule has 0 aliphatic heterocycles. The van der Waals surface area contributed by atoms with E-state index in [0.717, 1.165) is 25.0 Å². The summed E-state index contributed by atoms with van der Waals surface area (Å²) in [6.07, 6.45) is -2.79. The molecule has 118 valence electrons. The molecule has 0 spiro atoms. The van der Waals surface area contributed by atoms with Crippen LogP contribution in [0.2, 0.25) is 0 Å². The summed E-state index contributed by atoms with van der Waals surface area (Å²) in [6, 6.07) is 5.03. The van der Waals surface area contributed by atoms with Crippen LogP contribution in [0.15, 0.2) is 24.3 Å². The fourth-order valence-corrected chi connectivity index (χ4v) is 1.77. The van der Waals surface area contributed by atoms with E-state index in [1.54, 1.807) is 0 Å². The molecule has 0 aliphatic rings. The zero-order chi connectivity index (χ0) is 15.9. The smallest absolute Gasteiger partial charge is 0.406 e. The number of benzene rings is 1. The highest BCUT2D eigenvalue weighted by Gasteiger charge is 2.30. The predicted octanol–water partition coefficient (Wildman–Crippen LogP) is 3.29. The topological polar surface area (TPSA) is 64.4 Å². The molecule has 0 saturated heterocycles. The van der Waals surface area contributed by atoms with Gasteiger partial charge in [-0.1, -0.05) is 6.92 Å². The van der Waals surface area contributed by atoms with Gasteiger partial charge in [-0.25, -0.2) is 0 Å². The predicted molar refractivity (Wildman–Crippen MR) is 73.8 cm³/mol. The van der Waals surface area contributed by atoms with Crippen molar-refractivity contribution in [1.29, 1.82) is 0 Å². The Kier molecular flexibility index (Phi) is 6.48. The van der Waals surface area contributed by atoms with Crippen LogP contribution in [0.25, 0.3) is 0 Å². The van der Waals surface area contributed by atoms with Gasteiger partial charge in [0.2, 0.25) is 5.91 Å². The Labute approximate surface area is 121 Å². The number of amides is 1. The van der Waals surface area contributed by atoms with E-state index >= 15 is 0 Å². The molecule has 7 heteroatoms. The van der Waals surface area contributed by atoms with Crippen molar-refractivity contribution in [3.8, 4) is 5.75 Å². The Bertz CT molecular complexity index is 447. The first-order valence-corrected chi connectivity index (χ1v) is 6.66. The van der Waals surface area contributed by atoms with Crippen LogP contribution in [-0.2, 0) is 4.79 Å². The van der Waals surface area contributed by atoms with Crippen molar-refractivity contribution in [1.82, 2.24) is 0 Å². The van der Waals surface area contributed by atoms with E-state index in [1.807, 2.05) is 6.92 Å². The van der Waals surface area contributed by atoms with Gasteiger partial charge in [0.1, 0.15) is 5.75 Å². The minimum absolute atomic E-state index is 0.177. The lowest BCUT2D eigenvalue weighted by atomic mass is 10.0. The summed E-state index contributed by atoms with van der Waals surface area (Å²) < 4.78 is 39.7. The van der Waals surface area contributed by atoms with Crippen LogP contribution in [0.3, 0.4) is 0 Å². The van der Waals surface area contributed by atoms with Crippen LogP contribution in [0.5, 0.6) is 5.75 Å². The van der Waals surface area contributed by atoms with Crippen LogP contribution in [0.1, 0.15) is 26.2 Å². The number of carbonyl (C=O) groups is 1. The molecule has 1 amide bonds. The molecule has 1 aromatic rings. The fraction of sp³-hybridized carbons (Fsp3) is 0.500. The van der Waals surface area contributed by atoms with E-state index in [-0.39, 0.29) is 11.7 Å². The van der Waals surface area contributed by atoms with E-state index in [1.165, 1.54) is 12.1 Å². The highest BCUT2D eigenvalue weighted by Crippen LogP contribution is 2.24. The first kappa shape index (κ1) is 17.3. The third-order valence-electron chi connectivity index (χ3n) is 2.90. The second kappa shape index (κ2) is 7.87. The van der Waals surface area contributed by atoms with Crippen LogP contribution >= 0.6 is 0 Å². The van der Waals surface area contributed by atoms with Crippen molar-refractivity contribution in [2.75, 3.05) is 11.9 Å². The van der Waals surface area contributed by atoms with Gasteiger partial charge in [0.05, 0.1) is 0 Å². The average molecular weight is 304 g/mol. The maximum atomic E-state index is 12.0. The molecular formula is C14H19F3N2O2. The molecule has 0 bridgehead atoms. The second-order valence-corrected chi connectivity index (χ2v) is 4.84. The molecule has 3 N–H and O–H groups in total. The van der Waals surface area contributed by atoms with Crippen molar-refractivity contribution >= 4 is 11.6 Å². The normalized spacial score (nSPS) is 12.8. The first-order valence-electron chi connectivity index (χ1n) is 6.66. The van der Waals surface area contributed by atoms with Gasteiger partial charge in [-0.05, 0) is 49.6 Å². The third-order valence-corrected chi connectivity index (χ3v) is 2.90. The maximum absolute atomic E-state index is 12.0. The van der Waals surface area contributed by atoms with Gasteiger partial charge in [-0.2, -0.15) is 0 Å². The summed E-state index contributed by atoms with van der Waals surface area (Å²) in [4.78, 5) is 11.7. The minimum Gasteiger partial charge on any atom is -0.406 e. The van der Waals surface area contributed by atoms with Gasteiger partial charge in [0.15, 0.2) is 0 Å². The molecule has 1 aromatic carbocycles. The number of halogens is 3. The lowest BCUT2D eigenvalue weighted by Gasteiger charge is -2.11. The summed E-state index contributed by atoms with van der Waals surface area (Å²) in [5.41, 5.74) is 5.86. The molecule has 1 unspecified atom stereocenters. The Hall–Kier alpha value is -1.76. The number of rotatable bonds is 7. The number of nitrogens with one attached hydrogen (secondary N) is 1. The van der Waals surface area contributed by atoms with Crippen molar-refractivity contribution in [2.24, 2.45) is 11.7 Å². The van der Waals surface area contributed by atoms with Gasteiger partial charge in [0, 0.05) is 12.1 Å². The van der Waals surface area contributed by atoms with E-state index in [9.17, 15) is 18.0 Å². The summed E-state index contributed by atoms with van der Waals surface area (Å²) in [6.45, 7) is 2.60. The summed E-state index contributed by atoms with van der Waals surface area (Å²) in [7, 11) is 0. The van der Waals surface area contributed by atoms with Gasteiger partial charge in [-0.3, -0.25) is 4.79 Å². The highest BCUT2D eigenvalue weighted by molar-refractivity contribution is 5.90. The average Bonchev–Trinajstić information content (AvgIpc) is 2.37. The summed E-state index contributed by atoms with van der Waals surface area (Å²) in [5, 5.41) is 2.62. The SMILES string of the molecule is CC(CCN)CCC(=O)Nc1ccc(OC(F)(F)F)cc1. The van der Waals surface area contributed by atoms with E-state index in [2.05, 4.69) is 10.1 Å². The molecule has 21 heavy (non-hydrogen) atoms. The largest absolute Gasteiger partial charge is 0.573 e. The van der Waals surface area contributed by atoms with Crippen molar-refractivity contribution < 1.29 is 22.7 Å². The Balaban J connectivity index is 2.43. The van der Waals surface area contributed by atoms with Crippen LogP contribution in [0, 0.1) is 5.92 Å². The number of carbonyl (C=O) groups excluding carboxylic acids is 1. The zero-order valence-corrected chi connectivity index (χ0v) is 11.7. The Morgan fingerprint density at radius 1 is 1.29 bits per heavy atom. The first-order chi connectivity index (χ1) is 9.80. The maximum Gasteiger partial charge on any atom is 0.573 e. The van der Waals surface area contributed by atoms with Crippen molar-refractivity contribution in [3.63, 3.8) is 0 Å². The highest BCUT2D eigenvalue weighted by atomic mass is 19.4. The molecule has 0 radical (unpaired) electrons. The summed E-state index contributed by atoms with van der Waals surface area (Å²) >= 11 is 0. The monoisotopic (exact) mass is 304 g/mol. The lowest BCUT2D eigenvalue weighted by Crippen LogP contribution is -2.17. The molecule has 0 heterocycles. The van der Waals surface area contributed by atoms with Crippen molar-refractivity contribution in [3.05, 3.63) is 24.3 Å². The molecule has 1 atom stereocenters. The Morgan fingerprint density at radius 2 is 1.90 bits per heavy atom. The third kappa shape index (κ3) is 7.55. The quantitative estimate of drug-likeness (QED) is 0.812. The molecule has 0 aromatic heterocycles. The second-order valence-electron chi connectivity index (χ2n) is 4.84. The number of nitrogens with two attached hydrogens (primary N) is 1. The minimum atomic E-state index is -4.72. The molecule has 4 nitrogen and oxygen atoms in total. The fourth-order valence-electron chi connectivity index (χ4n) is 1.77. The van der Waals surface area contributed by atoms with Gasteiger partial charge in [0.25, 0.3) is 0 Å². The van der Waals surface area contributed by atoms with Crippen LogP contribution < -0.4 is 15.8 Å². The van der Waals surface area contributed by atoms with E-state index in [0.29, 0.717) is 24.6 Å². The lowest BCUT2D eigenvalue weighted by molar-refractivity contribution is -0.274. The van der Waals surface area contributed by atoms with Gasteiger partial charge >= 0.3 is 6.36 Å². The van der Waals surface area contributed by atoms with E-state index in [4.69, 9.17) is 5.73 Å². The molecule has 0 aliphatic carbocycles. The molecule has 0 fully saturated rings. The molecular weight excluding hydrogens is 285 g/mol. The van der Waals surface area contributed by atoms with Crippen molar-refractivity contribution in [2.45, 2.75) is 32.5 Å². The standard InChI is InChI=1S/C14H19F3N2O2/c1-10(8-9-18)2-7-13(20)19-11-3-5-12(6-4-11)21-14(15,16)17/h3-6,10H,2,7-9,18H2,1H3,(H,19,20). The summed E-state index contributed by atoms with van der Waals surface area (Å²) in [5.74, 6) is -0.135. The number of alkyl halides is 3. The molecule has 0 saturated carbocycles. The van der Waals surface area contributed by atoms with Gasteiger partial charge < -0.3 is 15.8 Å². The zero-order valence-electron chi connectivity index (χ0n) is 11.7. The Morgan fingerprint density at radius 3 is 2.43 bits per heavy atom. The van der Waals surface area contributed by atoms with E-state index < -0.39 is 6.36 Å². The van der Waals surface area contributed by atoms with Crippen LogP contribution in [0.4, 0.5) is 18.9 Å². The number of hydrogen-bond donors (Lipinski definition) is 2. The number of anilines is 1. The van der Waals surface area contributed by atoms with Crippen LogP contribution in [-0.4, -0.2) is 18.8 Å². The number of ether oxygens (including phenoxy) is 1. The number of hydrogen-bond acceptors (Lipinski definition) is 3.